The molecule has 0 N–H and O–H groups in total. The van der Waals surface area contributed by atoms with Gasteiger partial charge in [0.2, 0.25) is 5.95 Å². The quantitative estimate of drug-likeness (QED) is 0.772. The Kier molecular flexibility index (Phi) is 5.86. The highest BCUT2D eigenvalue weighted by Gasteiger charge is 2.24. The number of nitrogens with zero attached hydrogens (tertiary/aromatic N) is 6. The summed E-state index contributed by atoms with van der Waals surface area (Å²) in [6.07, 6.45) is 1.85. The third kappa shape index (κ3) is 4.34. The Bertz CT molecular complexity index is 512. The topological polar surface area (TPSA) is 48.0 Å². The van der Waals surface area contributed by atoms with E-state index in [1.54, 1.807) is 0 Å². The van der Waals surface area contributed by atoms with Gasteiger partial charge in [0, 0.05) is 72.1 Å². The number of hydrogen-bond acceptors (Lipinski definition) is 7. The second kappa shape index (κ2) is 8.09. The molecule has 0 saturated carbocycles. The molecule has 1 aromatic heterocycles. The zero-order valence-corrected chi connectivity index (χ0v) is 15.2. The fourth-order valence-corrected chi connectivity index (χ4v) is 3.40. The first-order chi connectivity index (χ1) is 11.6. The van der Waals surface area contributed by atoms with E-state index in [1.165, 1.54) is 0 Å². The molecule has 7 nitrogen and oxygen atoms in total. The molecule has 0 unspecified atom stereocenters. The van der Waals surface area contributed by atoms with Crippen molar-refractivity contribution >= 4 is 11.8 Å². The van der Waals surface area contributed by atoms with Crippen LogP contribution in [-0.4, -0.2) is 98.9 Å². The van der Waals surface area contributed by atoms with Crippen molar-refractivity contribution in [1.29, 1.82) is 0 Å². The predicted octanol–water partition coefficient (Wildman–Crippen LogP) is 0.385. The van der Waals surface area contributed by atoms with Crippen molar-refractivity contribution in [1.82, 2.24) is 19.8 Å². The molecule has 0 aromatic carbocycles. The number of piperazine rings is 1. The lowest BCUT2D eigenvalue weighted by molar-refractivity contribution is 0.0239. The number of rotatable bonds is 5. The standard InChI is InChI=1S/C17H30N6O/c1-15(14-21-10-12-24-13-11-21)22-6-8-23(9-7-22)16-4-5-18-17(19-16)20(2)3/h4-5,15H,6-14H2,1-3H3/t15-/m1/s1. The van der Waals surface area contributed by atoms with Crippen molar-refractivity contribution in [2.75, 3.05) is 82.9 Å². The summed E-state index contributed by atoms with van der Waals surface area (Å²) >= 11 is 0. The van der Waals surface area contributed by atoms with Gasteiger partial charge in [0.05, 0.1) is 13.2 Å². The first-order valence-corrected chi connectivity index (χ1v) is 8.93. The molecule has 2 saturated heterocycles. The Balaban J connectivity index is 1.50. The van der Waals surface area contributed by atoms with Gasteiger partial charge in [0.25, 0.3) is 0 Å². The summed E-state index contributed by atoms with van der Waals surface area (Å²) in [6.45, 7) is 11.6. The molecule has 0 amide bonds. The summed E-state index contributed by atoms with van der Waals surface area (Å²) in [5.41, 5.74) is 0. The highest BCUT2D eigenvalue weighted by molar-refractivity contribution is 5.43. The zero-order chi connectivity index (χ0) is 16.9. The van der Waals surface area contributed by atoms with Crippen LogP contribution in [0, 0.1) is 0 Å². The molecule has 2 aliphatic heterocycles. The van der Waals surface area contributed by atoms with Gasteiger partial charge in [-0.05, 0) is 13.0 Å². The maximum Gasteiger partial charge on any atom is 0.226 e. The molecular weight excluding hydrogens is 304 g/mol. The van der Waals surface area contributed by atoms with E-state index in [9.17, 15) is 0 Å². The molecule has 2 fully saturated rings. The molecule has 3 heterocycles. The van der Waals surface area contributed by atoms with Crippen LogP contribution in [0.1, 0.15) is 6.92 Å². The third-order valence-electron chi connectivity index (χ3n) is 4.92. The monoisotopic (exact) mass is 334 g/mol. The first kappa shape index (κ1) is 17.4. The van der Waals surface area contributed by atoms with Gasteiger partial charge in [-0.15, -0.1) is 0 Å². The average Bonchev–Trinajstić information content (AvgIpc) is 2.63. The Hall–Kier alpha value is -1.44. The van der Waals surface area contributed by atoms with E-state index in [4.69, 9.17) is 4.74 Å². The first-order valence-electron chi connectivity index (χ1n) is 8.93. The second-order valence-electron chi connectivity index (χ2n) is 6.89. The van der Waals surface area contributed by atoms with E-state index in [0.717, 1.165) is 70.8 Å². The van der Waals surface area contributed by atoms with E-state index >= 15 is 0 Å². The molecule has 0 radical (unpaired) electrons. The minimum atomic E-state index is 0.591. The van der Waals surface area contributed by atoms with Crippen LogP contribution in [0.4, 0.5) is 11.8 Å². The fourth-order valence-electron chi connectivity index (χ4n) is 3.40. The Morgan fingerprint density at radius 1 is 1.12 bits per heavy atom. The van der Waals surface area contributed by atoms with Crippen molar-refractivity contribution in [3.05, 3.63) is 12.3 Å². The van der Waals surface area contributed by atoms with Gasteiger partial charge < -0.3 is 14.5 Å². The van der Waals surface area contributed by atoms with Gasteiger partial charge in [0.15, 0.2) is 0 Å². The van der Waals surface area contributed by atoms with E-state index in [1.807, 2.05) is 31.3 Å². The summed E-state index contributed by atoms with van der Waals surface area (Å²) in [5.74, 6) is 1.81. The van der Waals surface area contributed by atoms with Crippen molar-refractivity contribution in [2.45, 2.75) is 13.0 Å². The van der Waals surface area contributed by atoms with Gasteiger partial charge in [-0.2, -0.15) is 4.98 Å². The second-order valence-corrected chi connectivity index (χ2v) is 6.89. The van der Waals surface area contributed by atoms with E-state index in [0.29, 0.717) is 6.04 Å². The normalized spacial score (nSPS) is 21.7. The van der Waals surface area contributed by atoms with Crippen LogP contribution in [0.3, 0.4) is 0 Å². The van der Waals surface area contributed by atoms with Gasteiger partial charge in [0.1, 0.15) is 5.82 Å². The Morgan fingerprint density at radius 3 is 2.50 bits per heavy atom. The third-order valence-corrected chi connectivity index (χ3v) is 4.92. The van der Waals surface area contributed by atoms with Crippen molar-refractivity contribution in [3.63, 3.8) is 0 Å². The van der Waals surface area contributed by atoms with Crippen LogP contribution in [-0.2, 0) is 4.74 Å². The van der Waals surface area contributed by atoms with Crippen molar-refractivity contribution in [3.8, 4) is 0 Å². The lowest BCUT2D eigenvalue weighted by Crippen LogP contribution is -2.53. The average molecular weight is 334 g/mol. The smallest absolute Gasteiger partial charge is 0.226 e. The Morgan fingerprint density at radius 2 is 1.83 bits per heavy atom. The van der Waals surface area contributed by atoms with Crippen LogP contribution in [0.25, 0.3) is 0 Å². The fraction of sp³-hybridized carbons (Fsp3) is 0.765. The number of aromatic nitrogens is 2. The van der Waals surface area contributed by atoms with Gasteiger partial charge in [-0.3, -0.25) is 9.80 Å². The van der Waals surface area contributed by atoms with E-state index < -0.39 is 0 Å². The number of ether oxygens (including phenoxy) is 1. The molecule has 0 spiro atoms. The summed E-state index contributed by atoms with van der Waals surface area (Å²) in [4.78, 5) is 18.4. The van der Waals surface area contributed by atoms with Crippen molar-refractivity contribution < 1.29 is 4.74 Å². The lowest BCUT2D eigenvalue weighted by atomic mass is 10.2. The summed E-state index contributed by atoms with van der Waals surface area (Å²) < 4.78 is 5.44. The molecule has 24 heavy (non-hydrogen) atoms. The number of morpholine rings is 1. The molecular formula is C17H30N6O. The number of anilines is 2. The molecule has 134 valence electrons. The van der Waals surface area contributed by atoms with Crippen LogP contribution in [0.15, 0.2) is 12.3 Å². The highest BCUT2D eigenvalue weighted by atomic mass is 16.5. The van der Waals surface area contributed by atoms with Crippen LogP contribution >= 0.6 is 0 Å². The molecule has 7 heteroatoms. The van der Waals surface area contributed by atoms with Crippen molar-refractivity contribution in [2.24, 2.45) is 0 Å². The van der Waals surface area contributed by atoms with E-state index in [2.05, 4.69) is 31.6 Å². The molecule has 2 aliphatic rings. The SMILES string of the molecule is C[C@H](CN1CCOCC1)N1CCN(c2ccnc(N(C)C)n2)CC1. The molecule has 1 atom stereocenters. The van der Waals surface area contributed by atoms with Crippen LogP contribution < -0.4 is 9.80 Å². The minimum absolute atomic E-state index is 0.591. The molecule has 1 aromatic rings. The maximum atomic E-state index is 5.44. The molecule has 0 bridgehead atoms. The molecule has 3 rings (SSSR count). The maximum absolute atomic E-state index is 5.44. The van der Waals surface area contributed by atoms with Crippen LogP contribution in [0.2, 0.25) is 0 Å². The lowest BCUT2D eigenvalue weighted by Gasteiger charge is -2.40. The Labute approximate surface area is 145 Å². The van der Waals surface area contributed by atoms with E-state index in [-0.39, 0.29) is 0 Å². The number of hydrogen-bond donors (Lipinski definition) is 0. The van der Waals surface area contributed by atoms with Gasteiger partial charge >= 0.3 is 0 Å². The van der Waals surface area contributed by atoms with Gasteiger partial charge in [-0.25, -0.2) is 4.98 Å². The highest BCUT2D eigenvalue weighted by Crippen LogP contribution is 2.17. The van der Waals surface area contributed by atoms with Gasteiger partial charge in [-0.1, -0.05) is 0 Å². The largest absolute Gasteiger partial charge is 0.379 e. The summed E-state index contributed by atoms with van der Waals surface area (Å²) in [6, 6.07) is 2.60. The molecule has 0 aliphatic carbocycles. The minimum Gasteiger partial charge on any atom is -0.379 e. The van der Waals surface area contributed by atoms with Crippen LogP contribution in [0.5, 0.6) is 0 Å². The summed E-state index contributed by atoms with van der Waals surface area (Å²) in [5, 5.41) is 0. The summed E-state index contributed by atoms with van der Waals surface area (Å²) in [7, 11) is 3.95. The predicted molar refractivity (Wildman–Crippen MR) is 96.9 cm³/mol. The zero-order valence-electron chi connectivity index (χ0n) is 15.2.